The Balaban J connectivity index is 2.00. The van der Waals surface area contributed by atoms with E-state index in [-0.39, 0.29) is 11.1 Å². The van der Waals surface area contributed by atoms with E-state index in [9.17, 15) is 4.39 Å². The van der Waals surface area contributed by atoms with E-state index < -0.39 is 5.82 Å². The van der Waals surface area contributed by atoms with Crippen LogP contribution < -0.4 is 4.74 Å². The molecule has 0 aromatic heterocycles. The van der Waals surface area contributed by atoms with Gasteiger partial charge in [0.05, 0.1) is 18.2 Å². The van der Waals surface area contributed by atoms with Gasteiger partial charge in [-0.15, -0.1) is 0 Å². The van der Waals surface area contributed by atoms with Gasteiger partial charge >= 0.3 is 0 Å². The van der Waals surface area contributed by atoms with E-state index in [4.69, 9.17) is 21.1 Å². The van der Waals surface area contributed by atoms with Crippen molar-refractivity contribution in [1.82, 2.24) is 0 Å². The third-order valence-electron chi connectivity index (χ3n) is 2.36. The molecule has 1 fully saturated rings. The third-order valence-corrected chi connectivity index (χ3v) is 2.67. The van der Waals surface area contributed by atoms with Crippen molar-refractivity contribution in [2.45, 2.75) is 18.9 Å². The first kappa shape index (κ1) is 10.7. The molecule has 1 saturated heterocycles. The topological polar surface area (TPSA) is 18.5 Å². The molecule has 0 radical (unpaired) electrons. The number of rotatable bonds is 2. The summed E-state index contributed by atoms with van der Waals surface area (Å²) in [5.41, 5.74) is 0. The lowest BCUT2D eigenvalue weighted by Gasteiger charge is -2.23. The normalized spacial score (nSPS) is 17.7. The lowest BCUT2D eigenvalue weighted by Crippen LogP contribution is -2.25. The van der Waals surface area contributed by atoms with Crippen molar-refractivity contribution in [3.8, 4) is 5.75 Å². The van der Waals surface area contributed by atoms with Crippen LogP contribution in [0.4, 0.5) is 4.39 Å². The summed E-state index contributed by atoms with van der Waals surface area (Å²) in [6.07, 6.45) is 1.83. The van der Waals surface area contributed by atoms with Gasteiger partial charge in [0, 0.05) is 18.9 Å². The first-order valence-corrected chi connectivity index (χ1v) is 5.33. The molecule has 0 aliphatic carbocycles. The van der Waals surface area contributed by atoms with Gasteiger partial charge in [-0.2, -0.15) is 0 Å². The highest BCUT2D eigenvalue weighted by atomic mass is 35.5. The average molecular weight is 231 g/mol. The van der Waals surface area contributed by atoms with Gasteiger partial charge in [0.15, 0.2) is 0 Å². The molecule has 1 heterocycles. The molecule has 0 unspecified atom stereocenters. The third kappa shape index (κ3) is 2.83. The zero-order valence-electron chi connectivity index (χ0n) is 8.21. The van der Waals surface area contributed by atoms with Crippen molar-refractivity contribution in [3.63, 3.8) is 0 Å². The molecule has 82 valence electrons. The maximum atomic E-state index is 13.1. The van der Waals surface area contributed by atoms with E-state index in [1.165, 1.54) is 12.1 Å². The lowest BCUT2D eigenvalue weighted by molar-refractivity contribution is 0.0254. The molecule has 1 aromatic rings. The first-order valence-electron chi connectivity index (χ1n) is 4.95. The molecule has 1 aliphatic rings. The molecule has 0 N–H and O–H groups in total. The molecule has 0 bridgehead atoms. The Bertz CT molecular complexity index is 337. The Morgan fingerprint density at radius 2 is 2.07 bits per heavy atom. The largest absolute Gasteiger partial charge is 0.490 e. The second-order valence-corrected chi connectivity index (χ2v) is 3.91. The summed E-state index contributed by atoms with van der Waals surface area (Å²) in [6.45, 7) is 1.42. The average Bonchev–Trinajstić information content (AvgIpc) is 2.25. The van der Waals surface area contributed by atoms with Gasteiger partial charge in [0.1, 0.15) is 17.7 Å². The SMILES string of the molecule is Fc1cc(OC2CCOCC2)ccc1Cl. The molecule has 1 aromatic carbocycles. The van der Waals surface area contributed by atoms with E-state index in [1.807, 2.05) is 0 Å². The van der Waals surface area contributed by atoms with Crippen LogP contribution in [-0.4, -0.2) is 19.3 Å². The van der Waals surface area contributed by atoms with Crippen molar-refractivity contribution in [3.05, 3.63) is 29.0 Å². The Morgan fingerprint density at radius 3 is 2.73 bits per heavy atom. The summed E-state index contributed by atoms with van der Waals surface area (Å²) in [6, 6.07) is 4.50. The van der Waals surface area contributed by atoms with E-state index in [0.29, 0.717) is 19.0 Å². The molecule has 0 spiro atoms. The van der Waals surface area contributed by atoms with Gasteiger partial charge in [0.25, 0.3) is 0 Å². The van der Waals surface area contributed by atoms with Crippen LogP contribution in [0.25, 0.3) is 0 Å². The van der Waals surface area contributed by atoms with Crippen molar-refractivity contribution in [1.29, 1.82) is 0 Å². The van der Waals surface area contributed by atoms with Crippen LogP contribution in [0.5, 0.6) is 5.75 Å². The molecule has 1 aliphatic heterocycles. The number of ether oxygens (including phenoxy) is 2. The molecular formula is C11H12ClFO2. The van der Waals surface area contributed by atoms with Crippen LogP contribution in [0, 0.1) is 5.82 Å². The molecule has 0 atom stereocenters. The summed E-state index contributed by atoms with van der Waals surface area (Å²) >= 11 is 5.57. The maximum absolute atomic E-state index is 13.1. The summed E-state index contributed by atoms with van der Waals surface area (Å²) in [5, 5.41) is 0.120. The van der Waals surface area contributed by atoms with Crippen molar-refractivity contribution in [2.75, 3.05) is 13.2 Å². The minimum absolute atomic E-state index is 0.120. The molecule has 4 heteroatoms. The fourth-order valence-electron chi connectivity index (χ4n) is 1.54. The summed E-state index contributed by atoms with van der Waals surface area (Å²) < 4.78 is 23.9. The van der Waals surface area contributed by atoms with Gasteiger partial charge in [-0.25, -0.2) is 4.39 Å². The van der Waals surface area contributed by atoms with Crippen LogP contribution in [0.2, 0.25) is 5.02 Å². The second kappa shape index (κ2) is 4.81. The fourth-order valence-corrected chi connectivity index (χ4v) is 1.65. The van der Waals surface area contributed by atoms with Gasteiger partial charge in [0.2, 0.25) is 0 Å². The van der Waals surface area contributed by atoms with Crippen LogP contribution in [0.3, 0.4) is 0 Å². The minimum Gasteiger partial charge on any atom is -0.490 e. The Hall–Kier alpha value is -0.800. The fraction of sp³-hybridized carbons (Fsp3) is 0.455. The summed E-state index contributed by atoms with van der Waals surface area (Å²) in [4.78, 5) is 0. The highest BCUT2D eigenvalue weighted by Gasteiger charge is 2.15. The van der Waals surface area contributed by atoms with Gasteiger partial charge in [-0.1, -0.05) is 11.6 Å². The standard InChI is InChI=1S/C11H12ClFO2/c12-10-2-1-9(7-11(10)13)15-8-3-5-14-6-4-8/h1-2,7-8H,3-6H2. The zero-order valence-corrected chi connectivity index (χ0v) is 8.97. The van der Waals surface area contributed by atoms with Crippen LogP contribution in [0.15, 0.2) is 18.2 Å². The summed E-state index contributed by atoms with van der Waals surface area (Å²) in [5.74, 6) is 0.0880. The predicted molar refractivity (Wildman–Crippen MR) is 55.9 cm³/mol. The van der Waals surface area contributed by atoms with Crippen LogP contribution in [0.1, 0.15) is 12.8 Å². The Kier molecular flexibility index (Phi) is 3.44. The molecular weight excluding hydrogens is 219 g/mol. The number of hydrogen-bond donors (Lipinski definition) is 0. The van der Waals surface area contributed by atoms with Crippen molar-refractivity contribution in [2.24, 2.45) is 0 Å². The van der Waals surface area contributed by atoms with E-state index in [0.717, 1.165) is 12.8 Å². The van der Waals surface area contributed by atoms with Crippen molar-refractivity contribution < 1.29 is 13.9 Å². The van der Waals surface area contributed by atoms with E-state index in [2.05, 4.69) is 0 Å². The molecule has 0 amide bonds. The lowest BCUT2D eigenvalue weighted by atomic mass is 10.1. The number of halogens is 2. The second-order valence-electron chi connectivity index (χ2n) is 3.51. The van der Waals surface area contributed by atoms with Gasteiger partial charge in [-0.05, 0) is 12.1 Å². The molecule has 15 heavy (non-hydrogen) atoms. The smallest absolute Gasteiger partial charge is 0.145 e. The van der Waals surface area contributed by atoms with Gasteiger partial charge < -0.3 is 9.47 Å². The van der Waals surface area contributed by atoms with Gasteiger partial charge in [-0.3, -0.25) is 0 Å². The highest BCUT2D eigenvalue weighted by Crippen LogP contribution is 2.23. The van der Waals surface area contributed by atoms with Crippen LogP contribution >= 0.6 is 11.6 Å². The molecule has 2 rings (SSSR count). The Labute approximate surface area is 92.9 Å². The quantitative estimate of drug-likeness (QED) is 0.778. The Morgan fingerprint density at radius 1 is 1.33 bits per heavy atom. The van der Waals surface area contributed by atoms with E-state index >= 15 is 0 Å². The highest BCUT2D eigenvalue weighted by molar-refractivity contribution is 6.30. The number of benzene rings is 1. The molecule has 0 saturated carbocycles. The summed E-state index contributed by atoms with van der Waals surface area (Å²) in [7, 11) is 0. The first-order chi connectivity index (χ1) is 7.25. The van der Waals surface area contributed by atoms with Crippen molar-refractivity contribution >= 4 is 11.6 Å². The van der Waals surface area contributed by atoms with E-state index in [1.54, 1.807) is 6.07 Å². The maximum Gasteiger partial charge on any atom is 0.145 e. The predicted octanol–water partition coefficient (Wildman–Crippen LogP) is 3.04. The minimum atomic E-state index is -0.443. The number of hydrogen-bond acceptors (Lipinski definition) is 2. The monoisotopic (exact) mass is 230 g/mol. The molecule has 2 nitrogen and oxygen atoms in total. The zero-order chi connectivity index (χ0) is 10.7. The van der Waals surface area contributed by atoms with Crippen LogP contribution in [-0.2, 0) is 4.74 Å².